The monoisotopic (exact) mass is 540 g/mol. The molecule has 0 spiro atoms. The first-order valence-electron chi connectivity index (χ1n) is 11.2. The van der Waals surface area contributed by atoms with Crippen LogP contribution in [0, 0.1) is 12.8 Å². The summed E-state index contributed by atoms with van der Waals surface area (Å²) >= 11 is 1.12. The fourth-order valence-electron chi connectivity index (χ4n) is 4.01. The average molecular weight is 541 g/mol. The second-order valence-electron chi connectivity index (χ2n) is 8.92. The molecule has 0 fully saturated rings. The molecule has 0 amide bonds. The zero-order chi connectivity index (χ0) is 24.5. The Morgan fingerprint density at radius 3 is 2.43 bits per heavy atom. The van der Waals surface area contributed by atoms with E-state index >= 15 is 0 Å². The predicted octanol–water partition coefficient (Wildman–Crippen LogP) is 2.19. The summed E-state index contributed by atoms with van der Waals surface area (Å²) in [7, 11) is -3.87. The number of aromatic carboxylic acids is 1. The number of sulfonamides is 1. The molecule has 0 radical (unpaired) electrons. The van der Waals surface area contributed by atoms with Gasteiger partial charge >= 0.3 is 57.4 Å². The number of rotatable bonds is 9. The van der Waals surface area contributed by atoms with E-state index in [-0.39, 0.29) is 75.2 Å². The molecule has 0 aliphatic heterocycles. The summed E-state index contributed by atoms with van der Waals surface area (Å²) in [6.07, 6.45) is 2.87. The van der Waals surface area contributed by atoms with E-state index in [2.05, 4.69) is 4.98 Å². The van der Waals surface area contributed by atoms with Gasteiger partial charge in [0.05, 0.1) is 11.3 Å². The van der Waals surface area contributed by atoms with Crippen LogP contribution in [0.15, 0.2) is 46.1 Å². The van der Waals surface area contributed by atoms with Crippen molar-refractivity contribution in [2.45, 2.75) is 51.0 Å². The minimum absolute atomic E-state index is 0. The molecule has 1 N–H and O–H groups in total. The van der Waals surface area contributed by atoms with Gasteiger partial charge in [-0.2, -0.15) is 8.42 Å². The summed E-state index contributed by atoms with van der Waals surface area (Å²) in [5, 5.41) is 10.9. The van der Waals surface area contributed by atoms with Gasteiger partial charge in [-0.3, -0.25) is 4.31 Å². The number of anilines is 1. The number of hydrogen-bond donors (Lipinski definition) is 1. The summed E-state index contributed by atoms with van der Waals surface area (Å²) in [4.78, 5) is 15.4. The van der Waals surface area contributed by atoms with E-state index < -0.39 is 16.0 Å². The molecule has 1 heterocycles. The van der Waals surface area contributed by atoms with E-state index in [4.69, 9.17) is 9.84 Å². The smallest absolute Gasteiger partial charge is 1.00 e. The average Bonchev–Trinajstić information content (AvgIpc) is 3.44. The van der Waals surface area contributed by atoms with Gasteiger partial charge in [-0.25, -0.2) is 9.78 Å². The first kappa shape index (κ1) is 28.3. The molecule has 10 heteroatoms. The normalized spacial score (nSPS) is 12.8. The number of carboxylic acid groups (broad SMARTS) is 1. The summed E-state index contributed by atoms with van der Waals surface area (Å²) in [6, 6.07) is 10.4. The standard InChI is InChI=1S/C25H28N2O5S2.K.H/c1-16(2)13-27(34(30,31)25-26-17(3)15-33-25)22-11-20-5-4-6-21(20)12-23(22)32-14-18-7-9-19(10-8-18)24(28)29;;/h7-12,15-16H,4-6,13-14H2,1-3H3,(H,28,29);;/q;+1;-1. The zero-order valence-corrected chi connectivity index (χ0v) is 25.2. The largest absolute Gasteiger partial charge is 1.00 e. The van der Waals surface area contributed by atoms with Crippen LogP contribution in [0.1, 0.15) is 54.4 Å². The van der Waals surface area contributed by atoms with Gasteiger partial charge < -0.3 is 11.3 Å². The minimum Gasteiger partial charge on any atom is -1.00 e. The summed E-state index contributed by atoms with van der Waals surface area (Å²) in [5.74, 6) is -0.402. The van der Waals surface area contributed by atoms with E-state index in [0.29, 0.717) is 23.7 Å². The van der Waals surface area contributed by atoms with E-state index in [9.17, 15) is 13.2 Å². The fourth-order valence-corrected chi connectivity index (χ4v) is 6.77. The molecule has 1 aliphatic carbocycles. The van der Waals surface area contributed by atoms with Crippen molar-refractivity contribution in [1.82, 2.24) is 4.98 Å². The second-order valence-corrected chi connectivity index (χ2v) is 11.8. The van der Waals surface area contributed by atoms with Crippen molar-refractivity contribution >= 4 is 33.0 Å². The molecule has 35 heavy (non-hydrogen) atoms. The van der Waals surface area contributed by atoms with Crippen LogP contribution in [0.3, 0.4) is 0 Å². The molecule has 0 bridgehead atoms. The molecule has 1 aromatic heterocycles. The Bertz CT molecular complexity index is 1310. The third kappa shape index (κ3) is 6.54. The number of carbonyl (C=O) groups is 1. The van der Waals surface area contributed by atoms with Gasteiger partial charge in [-0.1, -0.05) is 26.0 Å². The van der Waals surface area contributed by atoms with Crippen LogP contribution in [-0.4, -0.2) is 31.0 Å². The molecule has 1 aliphatic rings. The van der Waals surface area contributed by atoms with Crippen LogP contribution in [-0.2, 0) is 29.5 Å². The molecule has 4 rings (SSSR count). The van der Waals surface area contributed by atoms with Crippen molar-refractivity contribution in [2.75, 3.05) is 10.8 Å². The van der Waals surface area contributed by atoms with Crippen molar-refractivity contribution in [3.63, 3.8) is 0 Å². The van der Waals surface area contributed by atoms with Crippen molar-refractivity contribution in [3.8, 4) is 5.75 Å². The molecule has 0 unspecified atom stereocenters. The number of thiazole rings is 1. The number of ether oxygens (including phenoxy) is 1. The molecule has 7 nitrogen and oxygen atoms in total. The van der Waals surface area contributed by atoms with Gasteiger partial charge in [0.1, 0.15) is 12.4 Å². The van der Waals surface area contributed by atoms with Gasteiger partial charge in [0.25, 0.3) is 10.0 Å². The van der Waals surface area contributed by atoms with E-state index in [0.717, 1.165) is 41.7 Å². The summed E-state index contributed by atoms with van der Waals surface area (Å²) in [6.45, 7) is 6.23. The molecule has 2 aromatic carbocycles. The molecule has 3 aromatic rings. The molecule has 182 valence electrons. The van der Waals surface area contributed by atoms with Crippen molar-refractivity contribution < 1.29 is 75.9 Å². The Labute approximate surface area is 254 Å². The molecular weight excluding hydrogens is 512 g/mol. The topological polar surface area (TPSA) is 96.8 Å². The molecular formula is C25H29KN2O5S2. The predicted molar refractivity (Wildman–Crippen MR) is 134 cm³/mol. The van der Waals surface area contributed by atoms with Crippen molar-refractivity contribution in [1.29, 1.82) is 0 Å². The minimum atomic E-state index is -3.87. The molecule has 0 saturated heterocycles. The Morgan fingerprint density at radius 1 is 1.20 bits per heavy atom. The molecule has 0 atom stereocenters. The van der Waals surface area contributed by atoms with E-state index in [1.165, 1.54) is 22.0 Å². The third-order valence-electron chi connectivity index (χ3n) is 5.68. The summed E-state index contributed by atoms with van der Waals surface area (Å²) in [5.41, 5.74) is 4.51. The Morgan fingerprint density at radius 2 is 1.86 bits per heavy atom. The first-order chi connectivity index (χ1) is 16.1. The zero-order valence-electron chi connectivity index (χ0n) is 21.4. The summed E-state index contributed by atoms with van der Waals surface area (Å²) < 4.78 is 35.0. The van der Waals surface area contributed by atoms with Gasteiger partial charge in [0, 0.05) is 17.6 Å². The maximum absolute atomic E-state index is 13.7. The third-order valence-corrected chi connectivity index (χ3v) is 8.81. The number of carboxylic acids is 1. The number of fused-ring (bicyclic) bond motifs is 1. The van der Waals surface area contributed by atoms with E-state index in [1.807, 2.05) is 26.0 Å². The van der Waals surface area contributed by atoms with Gasteiger partial charge in [-0.15, -0.1) is 11.3 Å². The van der Waals surface area contributed by atoms with Crippen molar-refractivity contribution in [2.24, 2.45) is 5.92 Å². The van der Waals surface area contributed by atoms with Crippen LogP contribution < -0.4 is 60.4 Å². The number of hydrogen-bond acceptors (Lipinski definition) is 6. The van der Waals surface area contributed by atoms with Crippen LogP contribution in [0.5, 0.6) is 5.75 Å². The van der Waals surface area contributed by atoms with Crippen LogP contribution in [0.4, 0.5) is 5.69 Å². The van der Waals surface area contributed by atoms with Crippen LogP contribution >= 0.6 is 11.3 Å². The Balaban J connectivity index is 0.00000228. The Kier molecular flexibility index (Phi) is 9.58. The van der Waals surface area contributed by atoms with E-state index in [1.54, 1.807) is 24.4 Å². The van der Waals surface area contributed by atoms with Gasteiger partial charge in [0.2, 0.25) is 4.34 Å². The number of nitrogens with zero attached hydrogens (tertiary/aromatic N) is 2. The number of aryl methyl sites for hydroxylation is 3. The van der Waals surface area contributed by atoms with Crippen molar-refractivity contribution in [3.05, 3.63) is 69.7 Å². The molecule has 0 saturated carbocycles. The fraction of sp³-hybridized carbons (Fsp3) is 0.360. The second kappa shape index (κ2) is 11.8. The number of aromatic nitrogens is 1. The Hall–Kier alpha value is -1.27. The SMILES string of the molecule is Cc1csc(S(=O)(=O)N(CC(C)C)c2cc3c(cc2OCc2ccc(C(=O)O)cc2)CCC3)n1.[H-].[K+]. The van der Waals surface area contributed by atoms with Gasteiger partial charge in [0.15, 0.2) is 0 Å². The van der Waals surface area contributed by atoms with Crippen LogP contribution in [0.25, 0.3) is 0 Å². The maximum Gasteiger partial charge on any atom is 1.00 e. The number of benzene rings is 2. The van der Waals surface area contributed by atoms with Crippen LogP contribution in [0.2, 0.25) is 0 Å². The first-order valence-corrected chi connectivity index (χ1v) is 13.5. The van der Waals surface area contributed by atoms with Gasteiger partial charge in [-0.05, 0) is 73.1 Å². The maximum atomic E-state index is 13.7. The quantitative estimate of drug-likeness (QED) is 0.418.